The summed E-state index contributed by atoms with van der Waals surface area (Å²) >= 11 is 1.45. The van der Waals surface area contributed by atoms with Crippen LogP contribution in [0.2, 0.25) is 0 Å². The molecule has 0 aliphatic rings. The minimum Gasteiger partial charge on any atom is -0.392 e. The predicted octanol–water partition coefficient (Wildman–Crippen LogP) is 0.279. The lowest BCUT2D eigenvalue weighted by molar-refractivity contribution is 0.196. The molecule has 86 valence electrons. The average molecular weight is 240 g/mol. The minimum absolute atomic E-state index is 0.0422. The van der Waals surface area contributed by atoms with Crippen LogP contribution < -0.4 is 5.69 Å². The number of fused-ring (bicyclic) bond motifs is 1. The Morgan fingerprint density at radius 2 is 2.31 bits per heavy atom. The summed E-state index contributed by atoms with van der Waals surface area (Å²) in [6.45, 7) is 3.65. The standard InChI is InChI=1S/C9H12N4O2S/c1-5(14)6(2)16-8-3-7-11-12-9(15)13(7)4-10-8/h3-6,14H,1-2H3,(H,12,15). The molecule has 7 heteroatoms. The van der Waals surface area contributed by atoms with Gasteiger partial charge in [0.1, 0.15) is 11.4 Å². The second-order valence-electron chi connectivity index (χ2n) is 3.55. The van der Waals surface area contributed by atoms with Crippen molar-refractivity contribution >= 4 is 17.4 Å². The number of rotatable bonds is 3. The van der Waals surface area contributed by atoms with Crippen LogP contribution in [0.5, 0.6) is 0 Å². The fraction of sp³-hybridized carbons (Fsp3) is 0.444. The number of thioether (sulfide) groups is 1. The number of aliphatic hydroxyl groups is 1. The van der Waals surface area contributed by atoms with E-state index in [-0.39, 0.29) is 10.9 Å². The molecule has 2 aromatic rings. The molecule has 0 radical (unpaired) electrons. The molecule has 0 amide bonds. The van der Waals surface area contributed by atoms with Gasteiger partial charge in [-0.25, -0.2) is 19.3 Å². The molecule has 0 saturated carbocycles. The summed E-state index contributed by atoms with van der Waals surface area (Å²) in [5.74, 6) is 0. The molecule has 6 nitrogen and oxygen atoms in total. The van der Waals surface area contributed by atoms with Crippen molar-refractivity contribution in [1.29, 1.82) is 0 Å². The lowest BCUT2D eigenvalue weighted by Gasteiger charge is -2.12. The van der Waals surface area contributed by atoms with Crippen LogP contribution in [-0.2, 0) is 0 Å². The summed E-state index contributed by atoms with van der Waals surface area (Å²) < 4.78 is 1.33. The van der Waals surface area contributed by atoms with Crippen LogP contribution in [0, 0.1) is 0 Å². The molecule has 2 heterocycles. The van der Waals surface area contributed by atoms with Crippen molar-refractivity contribution in [3.8, 4) is 0 Å². The summed E-state index contributed by atoms with van der Waals surface area (Å²) in [6.07, 6.45) is 1.02. The van der Waals surface area contributed by atoms with Gasteiger partial charge < -0.3 is 5.11 Å². The number of nitrogens with one attached hydrogen (secondary N) is 1. The van der Waals surface area contributed by atoms with Gasteiger partial charge in [-0.05, 0) is 6.92 Å². The van der Waals surface area contributed by atoms with E-state index >= 15 is 0 Å². The zero-order valence-electron chi connectivity index (χ0n) is 8.91. The van der Waals surface area contributed by atoms with E-state index in [2.05, 4.69) is 15.2 Å². The second kappa shape index (κ2) is 4.26. The van der Waals surface area contributed by atoms with Gasteiger partial charge in [-0.2, -0.15) is 5.10 Å². The topological polar surface area (TPSA) is 83.3 Å². The molecule has 2 rings (SSSR count). The van der Waals surface area contributed by atoms with E-state index in [4.69, 9.17) is 0 Å². The molecule has 0 aromatic carbocycles. The molecule has 0 aliphatic heterocycles. The fourth-order valence-electron chi connectivity index (χ4n) is 1.15. The molecule has 0 aliphatic carbocycles. The molecule has 0 saturated heterocycles. The third-order valence-corrected chi connectivity index (χ3v) is 3.50. The van der Waals surface area contributed by atoms with E-state index in [1.807, 2.05) is 6.92 Å². The van der Waals surface area contributed by atoms with E-state index in [0.29, 0.717) is 5.65 Å². The van der Waals surface area contributed by atoms with Gasteiger partial charge in [0.05, 0.1) is 6.10 Å². The van der Waals surface area contributed by atoms with Crippen LogP contribution in [0.25, 0.3) is 5.65 Å². The Bertz CT molecular complexity index is 548. The molecule has 16 heavy (non-hydrogen) atoms. The minimum atomic E-state index is -0.413. The predicted molar refractivity (Wildman–Crippen MR) is 60.6 cm³/mol. The smallest absolute Gasteiger partial charge is 0.348 e. The zero-order valence-corrected chi connectivity index (χ0v) is 9.73. The first kappa shape index (κ1) is 11.2. The Labute approximate surface area is 95.7 Å². The molecule has 0 spiro atoms. The fourth-order valence-corrected chi connectivity index (χ4v) is 2.01. The van der Waals surface area contributed by atoms with Gasteiger partial charge in [-0.1, -0.05) is 6.92 Å². The Morgan fingerprint density at radius 3 is 3.00 bits per heavy atom. The number of aromatic nitrogens is 4. The van der Waals surface area contributed by atoms with Gasteiger partial charge in [0.2, 0.25) is 0 Å². The van der Waals surface area contributed by atoms with E-state index in [1.165, 1.54) is 22.5 Å². The van der Waals surface area contributed by atoms with Crippen LogP contribution >= 0.6 is 11.8 Å². The van der Waals surface area contributed by atoms with E-state index in [0.717, 1.165) is 5.03 Å². The van der Waals surface area contributed by atoms with Gasteiger partial charge in [-0.3, -0.25) is 0 Å². The number of H-pyrrole nitrogens is 1. The lowest BCUT2D eigenvalue weighted by atomic mass is 10.3. The van der Waals surface area contributed by atoms with Crippen LogP contribution in [0.3, 0.4) is 0 Å². The Morgan fingerprint density at radius 1 is 1.56 bits per heavy atom. The SMILES string of the molecule is CC(O)C(C)Sc1cc2n[nH]c(=O)n2cn1. The number of hydrogen-bond acceptors (Lipinski definition) is 5. The highest BCUT2D eigenvalue weighted by Crippen LogP contribution is 2.23. The van der Waals surface area contributed by atoms with E-state index in [1.54, 1.807) is 13.0 Å². The quantitative estimate of drug-likeness (QED) is 0.594. The van der Waals surface area contributed by atoms with Crippen molar-refractivity contribution in [1.82, 2.24) is 19.6 Å². The van der Waals surface area contributed by atoms with Crippen molar-refractivity contribution in [2.24, 2.45) is 0 Å². The maximum absolute atomic E-state index is 11.2. The highest BCUT2D eigenvalue weighted by Gasteiger charge is 2.12. The third kappa shape index (κ3) is 2.10. The first-order valence-corrected chi connectivity index (χ1v) is 5.73. The van der Waals surface area contributed by atoms with Crippen molar-refractivity contribution in [3.05, 3.63) is 22.9 Å². The molecular weight excluding hydrogens is 228 g/mol. The average Bonchev–Trinajstić information content (AvgIpc) is 2.60. The summed E-state index contributed by atoms with van der Waals surface area (Å²) in [6, 6.07) is 1.71. The molecule has 0 fully saturated rings. The highest BCUT2D eigenvalue weighted by molar-refractivity contribution is 7.99. The summed E-state index contributed by atoms with van der Waals surface area (Å²) in [5, 5.41) is 16.3. The molecular formula is C9H12N4O2S. The first-order valence-electron chi connectivity index (χ1n) is 4.85. The van der Waals surface area contributed by atoms with Crippen LogP contribution in [-0.4, -0.2) is 36.0 Å². The second-order valence-corrected chi connectivity index (χ2v) is 4.95. The van der Waals surface area contributed by atoms with Crippen LogP contribution in [0.4, 0.5) is 0 Å². The Hall–Kier alpha value is -1.34. The van der Waals surface area contributed by atoms with Crippen molar-refractivity contribution in [2.75, 3.05) is 0 Å². The Balaban J connectivity index is 2.29. The summed E-state index contributed by atoms with van der Waals surface area (Å²) in [7, 11) is 0. The van der Waals surface area contributed by atoms with E-state index < -0.39 is 6.10 Å². The maximum Gasteiger partial charge on any atom is 0.348 e. The van der Waals surface area contributed by atoms with Gasteiger partial charge in [-0.15, -0.1) is 11.8 Å². The third-order valence-electron chi connectivity index (χ3n) is 2.27. The van der Waals surface area contributed by atoms with E-state index in [9.17, 15) is 9.90 Å². The van der Waals surface area contributed by atoms with Gasteiger partial charge in [0, 0.05) is 11.3 Å². The van der Waals surface area contributed by atoms with Crippen LogP contribution in [0.15, 0.2) is 22.2 Å². The number of aromatic amines is 1. The number of hydrogen-bond donors (Lipinski definition) is 2. The van der Waals surface area contributed by atoms with Crippen LogP contribution in [0.1, 0.15) is 13.8 Å². The Kier molecular flexibility index (Phi) is 2.97. The van der Waals surface area contributed by atoms with Gasteiger partial charge in [0.25, 0.3) is 0 Å². The molecule has 2 aromatic heterocycles. The maximum atomic E-state index is 11.2. The van der Waals surface area contributed by atoms with Crippen molar-refractivity contribution in [2.45, 2.75) is 30.2 Å². The highest BCUT2D eigenvalue weighted by atomic mass is 32.2. The lowest BCUT2D eigenvalue weighted by Crippen LogP contribution is -2.15. The van der Waals surface area contributed by atoms with Gasteiger partial charge >= 0.3 is 5.69 Å². The number of aliphatic hydroxyl groups excluding tert-OH is 1. The zero-order chi connectivity index (χ0) is 11.7. The summed E-state index contributed by atoms with van der Waals surface area (Å²) in [4.78, 5) is 15.3. The molecule has 2 N–H and O–H groups in total. The largest absolute Gasteiger partial charge is 0.392 e. The van der Waals surface area contributed by atoms with Crippen molar-refractivity contribution in [3.63, 3.8) is 0 Å². The monoisotopic (exact) mass is 240 g/mol. The van der Waals surface area contributed by atoms with Gasteiger partial charge in [0.15, 0.2) is 5.65 Å². The molecule has 0 bridgehead atoms. The molecule has 2 unspecified atom stereocenters. The molecule has 2 atom stereocenters. The first-order chi connectivity index (χ1) is 7.58. The summed E-state index contributed by atoms with van der Waals surface area (Å²) in [5.41, 5.74) is 0.225. The normalized spacial score (nSPS) is 15.2. The van der Waals surface area contributed by atoms with Crippen molar-refractivity contribution < 1.29 is 5.11 Å². The number of nitrogens with zero attached hydrogens (tertiary/aromatic N) is 3.